The monoisotopic (exact) mass is 308 g/mol. The SMILES string of the molecule is COc1ccc(SCC(=O)N2CCCC[C@@H]2C(N)=O)cc1. The first-order valence-corrected chi connectivity index (χ1v) is 7.96. The number of carbonyl (C=O) groups is 2. The number of piperidine rings is 1. The zero-order chi connectivity index (χ0) is 15.2. The van der Waals surface area contributed by atoms with Crippen molar-refractivity contribution in [2.75, 3.05) is 19.4 Å². The van der Waals surface area contributed by atoms with Gasteiger partial charge < -0.3 is 15.4 Å². The Labute approximate surface area is 128 Å². The lowest BCUT2D eigenvalue weighted by molar-refractivity contribution is -0.138. The van der Waals surface area contributed by atoms with E-state index in [1.54, 1.807) is 12.0 Å². The summed E-state index contributed by atoms with van der Waals surface area (Å²) >= 11 is 1.46. The van der Waals surface area contributed by atoms with Gasteiger partial charge >= 0.3 is 0 Å². The van der Waals surface area contributed by atoms with E-state index in [1.807, 2.05) is 24.3 Å². The Kier molecular flexibility index (Phi) is 5.50. The lowest BCUT2D eigenvalue weighted by Crippen LogP contribution is -2.51. The number of ether oxygens (including phenoxy) is 1. The third kappa shape index (κ3) is 4.14. The first-order valence-electron chi connectivity index (χ1n) is 6.97. The molecule has 0 bridgehead atoms. The van der Waals surface area contributed by atoms with Gasteiger partial charge in [0, 0.05) is 11.4 Å². The van der Waals surface area contributed by atoms with Crippen molar-refractivity contribution in [1.29, 1.82) is 0 Å². The molecule has 1 aromatic carbocycles. The highest BCUT2D eigenvalue weighted by atomic mass is 32.2. The molecule has 1 fully saturated rings. The quantitative estimate of drug-likeness (QED) is 0.840. The zero-order valence-corrected chi connectivity index (χ0v) is 12.9. The van der Waals surface area contributed by atoms with E-state index in [0.29, 0.717) is 18.7 Å². The summed E-state index contributed by atoms with van der Waals surface area (Å²) in [5.41, 5.74) is 5.38. The molecule has 6 heteroatoms. The summed E-state index contributed by atoms with van der Waals surface area (Å²) in [6.07, 6.45) is 2.56. The minimum absolute atomic E-state index is 0.0284. The van der Waals surface area contributed by atoms with Gasteiger partial charge in [-0.15, -0.1) is 11.8 Å². The molecule has 0 unspecified atom stereocenters. The maximum absolute atomic E-state index is 12.3. The van der Waals surface area contributed by atoms with E-state index in [1.165, 1.54) is 11.8 Å². The minimum Gasteiger partial charge on any atom is -0.497 e. The molecular formula is C15H20N2O3S. The second-order valence-corrected chi connectivity index (χ2v) is 6.01. The fourth-order valence-corrected chi connectivity index (χ4v) is 3.21. The largest absolute Gasteiger partial charge is 0.497 e. The topological polar surface area (TPSA) is 72.6 Å². The fraction of sp³-hybridized carbons (Fsp3) is 0.467. The number of hydrogen-bond donors (Lipinski definition) is 1. The van der Waals surface area contributed by atoms with E-state index in [2.05, 4.69) is 0 Å². The highest BCUT2D eigenvalue weighted by Crippen LogP contribution is 2.23. The molecule has 0 radical (unpaired) electrons. The van der Waals surface area contributed by atoms with Crippen molar-refractivity contribution >= 4 is 23.6 Å². The van der Waals surface area contributed by atoms with Crippen molar-refractivity contribution in [2.24, 2.45) is 5.73 Å². The van der Waals surface area contributed by atoms with Gasteiger partial charge in [0.15, 0.2) is 0 Å². The van der Waals surface area contributed by atoms with Crippen LogP contribution in [0.1, 0.15) is 19.3 Å². The number of carbonyl (C=O) groups excluding carboxylic acids is 2. The number of nitrogens with two attached hydrogens (primary N) is 1. The maximum Gasteiger partial charge on any atom is 0.240 e. The molecule has 2 N–H and O–H groups in total. The zero-order valence-electron chi connectivity index (χ0n) is 12.1. The molecule has 5 nitrogen and oxygen atoms in total. The van der Waals surface area contributed by atoms with Crippen molar-refractivity contribution in [3.63, 3.8) is 0 Å². The Morgan fingerprint density at radius 2 is 2.05 bits per heavy atom. The molecular weight excluding hydrogens is 288 g/mol. The molecule has 0 spiro atoms. The van der Waals surface area contributed by atoms with Gasteiger partial charge in [0.25, 0.3) is 0 Å². The first kappa shape index (κ1) is 15.7. The fourth-order valence-electron chi connectivity index (χ4n) is 2.43. The summed E-state index contributed by atoms with van der Waals surface area (Å²) in [5, 5.41) is 0. The van der Waals surface area contributed by atoms with Crippen molar-refractivity contribution in [1.82, 2.24) is 4.90 Å². The van der Waals surface area contributed by atoms with E-state index in [9.17, 15) is 9.59 Å². The Hall–Kier alpha value is -1.69. The molecule has 1 saturated heterocycles. The van der Waals surface area contributed by atoms with Crippen molar-refractivity contribution in [3.8, 4) is 5.75 Å². The number of thioether (sulfide) groups is 1. The molecule has 0 aromatic heterocycles. The molecule has 1 aliphatic rings. The van der Waals surface area contributed by atoms with Crippen LogP contribution in [0.5, 0.6) is 5.75 Å². The number of nitrogens with zero attached hydrogens (tertiary/aromatic N) is 1. The highest BCUT2D eigenvalue weighted by molar-refractivity contribution is 8.00. The van der Waals surface area contributed by atoms with Crippen LogP contribution in [0.4, 0.5) is 0 Å². The van der Waals surface area contributed by atoms with Crippen LogP contribution >= 0.6 is 11.8 Å². The number of rotatable bonds is 5. The third-order valence-electron chi connectivity index (χ3n) is 3.57. The molecule has 1 aliphatic heterocycles. The van der Waals surface area contributed by atoms with E-state index < -0.39 is 11.9 Å². The van der Waals surface area contributed by atoms with Gasteiger partial charge in [-0.25, -0.2) is 0 Å². The first-order chi connectivity index (χ1) is 10.1. The predicted octanol–water partition coefficient (Wildman–Crippen LogP) is 1.65. The van der Waals surface area contributed by atoms with Crippen molar-refractivity contribution in [3.05, 3.63) is 24.3 Å². The van der Waals surface area contributed by atoms with Gasteiger partial charge in [0.1, 0.15) is 11.8 Å². The van der Waals surface area contributed by atoms with Crippen LogP contribution in [0.25, 0.3) is 0 Å². The van der Waals surface area contributed by atoms with Crippen molar-refractivity contribution < 1.29 is 14.3 Å². The molecule has 114 valence electrons. The van der Waals surface area contributed by atoms with E-state index in [-0.39, 0.29) is 5.91 Å². The van der Waals surface area contributed by atoms with Gasteiger partial charge in [-0.2, -0.15) is 0 Å². The number of benzene rings is 1. The van der Waals surface area contributed by atoms with Gasteiger partial charge in [-0.1, -0.05) is 0 Å². The Morgan fingerprint density at radius 3 is 2.67 bits per heavy atom. The second kappa shape index (κ2) is 7.36. The van der Waals surface area contributed by atoms with Crippen LogP contribution in [0.2, 0.25) is 0 Å². The summed E-state index contributed by atoms with van der Waals surface area (Å²) in [4.78, 5) is 26.3. The molecule has 1 atom stereocenters. The number of primary amides is 1. The highest BCUT2D eigenvalue weighted by Gasteiger charge is 2.30. The van der Waals surface area contributed by atoms with Crippen molar-refractivity contribution in [2.45, 2.75) is 30.2 Å². The van der Waals surface area contributed by atoms with Crippen LogP contribution in [-0.2, 0) is 9.59 Å². The van der Waals surface area contributed by atoms with Crippen LogP contribution in [0, 0.1) is 0 Å². The van der Waals surface area contributed by atoms with E-state index in [4.69, 9.17) is 10.5 Å². The maximum atomic E-state index is 12.3. The average molecular weight is 308 g/mol. The Bertz CT molecular complexity index is 504. The lowest BCUT2D eigenvalue weighted by Gasteiger charge is -2.33. The number of likely N-dealkylation sites (tertiary alicyclic amines) is 1. The lowest BCUT2D eigenvalue weighted by atomic mass is 10.0. The van der Waals surface area contributed by atoms with E-state index >= 15 is 0 Å². The predicted molar refractivity (Wildman–Crippen MR) is 82.3 cm³/mol. The standard InChI is InChI=1S/C15H20N2O3S/c1-20-11-5-7-12(8-6-11)21-10-14(18)17-9-3-2-4-13(17)15(16)19/h5-8,13H,2-4,9-10H2,1H3,(H2,16,19)/t13-/m1/s1. The third-order valence-corrected chi connectivity index (χ3v) is 4.57. The normalized spacial score (nSPS) is 18.3. The number of amides is 2. The molecule has 2 amide bonds. The Morgan fingerprint density at radius 1 is 1.33 bits per heavy atom. The summed E-state index contributed by atoms with van der Waals surface area (Å²) in [5.74, 6) is 0.670. The molecule has 0 aliphatic carbocycles. The van der Waals surface area contributed by atoms with Crippen LogP contribution < -0.4 is 10.5 Å². The van der Waals surface area contributed by atoms with Crippen LogP contribution in [0.15, 0.2) is 29.2 Å². The van der Waals surface area contributed by atoms with Gasteiger partial charge in [0.2, 0.25) is 11.8 Å². The minimum atomic E-state index is -0.442. The van der Waals surface area contributed by atoms with Crippen LogP contribution in [0.3, 0.4) is 0 Å². The summed E-state index contributed by atoms with van der Waals surface area (Å²) in [7, 11) is 1.62. The van der Waals surface area contributed by atoms with Gasteiger partial charge in [0.05, 0.1) is 12.9 Å². The molecule has 21 heavy (non-hydrogen) atoms. The van der Waals surface area contributed by atoms with Gasteiger partial charge in [-0.05, 0) is 43.5 Å². The summed E-state index contributed by atoms with van der Waals surface area (Å²) in [6.45, 7) is 0.621. The van der Waals surface area contributed by atoms with Crippen LogP contribution in [-0.4, -0.2) is 42.2 Å². The Balaban J connectivity index is 1.91. The molecule has 0 saturated carbocycles. The number of hydrogen-bond acceptors (Lipinski definition) is 4. The molecule has 2 rings (SSSR count). The average Bonchev–Trinajstić information content (AvgIpc) is 2.53. The summed E-state index contributed by atoms with van der Waals surface area (Å²) < 4.78 is 5.09. The summed E-state index contributed by atoms with van der Waals surface area (Å²) in [6, 6.07) is 7.11. The molecule has 1 aromatic rings. The number of methoxy groups -OCH3 is 1. The molecule has 1 heterocycles. The smallest absolute Gasteiger partial charge is 0.240 e. The second-order valence-electron chi connectivity index (χ2n) is 4.97. The van der Waals surface area contributed by atoms with Gasteiger partial charge in [-0.3, -0.25) is 9.59 Å². The van der Waals surface area contributed by atoms with E-state index in [0.717, 1.165) is 23.5 Å².